The van der Waals surface area contributed by atoms with Crippen LogP contribution in [0.4, 0.5) is 0 Å². The van der Waals surface area contributed by atoms with Gasteiger partial charge in [0.25, 0.3) is 0 Å². The molecule has 138 valence electrons. The minimum Gasteiger partial charge on any atom is -0.354 e. The first kappa shape index (κ1) is 20.8. The molecule has 1 aliphatic carbocycles. The van der Waals surface area contributed by atoms with Gasteiger partial charge in [-0.3, -0.25) is 4.79 Å². The van der Waals surface area contributed by atoms with Crippen LogP contribution in [-0.2, 0) is 24.1 Å². The van der Waals surface area contributed by atoms with Crippen molar-refractivity contribution in [3.63, 3.8) is 0 Å². The molecule has 1 aliphatic rings. The minimum atomic E-state index is -3.43. The van der Waals surface area contributed by atoms with E-state index in [1.807, 2.05) is 0 Å². The first-order valence-corrected chi connectivity index (χ1v) is 9.84. The van der Waals surface area contributed by atoms with Gasteiger partial charge in [-0.1, -0.05) is 13.8 Å². The van der Waals surface area contributed by atoms with Gasteiger partial charge in [0.1, 0.15) is 5.92 Å². The lowest BCUT2D eigenvalue weighted by Crippen LogP contribution is -2.50. The van der Waals surface area contributed by atoms with Crippen LogP contribution in [0.2, 0.25) is 0 Å². The quantitative estimate of drug-likeness (QED) is 0.605. The number of ether oxygens (including phenoxy) is 2. The number of hydrogen-bond donors (Lipinski definition) is 1. The zero-order valence-corrected chi connectivity index (χ0v) is 15.9. The molecule has 0 saturated heterocycles. The van der Waals surface area contributed by atoms with Crippen molar-refractivity contribution < 1.29 is 22.7 Å². The Morgan fingerprint density at radius 2 is 1.88 bits per heavy atom. The molecular formula is C16H28N2O5S. The van der Waals surface area contributed by atoms with Crippen LogP contribution < -0.4 is 5.32 Å². The van der Waals surface area contributed by atoms with E-state index >= 15 is 0 Å². The molecule has 0 fully saturated rings. The van der Waals surface area contributed by atoms with E-state index in [9.17, 15) is 13.2 Å². The summed E-state index contributed by atoms with van der Waals surface area (Å²) < 4.78 is 34.3. The third kappa shape index (κ3) is 4.89. The predicted molar refractivity (Wildman–Crippen MR) is 93.1 cm³/mol. The number of sulfone groups is 1. The van der Waals surface area contributed by atoms with Gasteiger partial charge in [-0.2, -0.15) is 0 Å². The summed E-state index contributed by atoms with van der Waals surface area (Å²) in [4.78, 5) is 14.9. The number of nitrogens with zero attached hydrogens (tertiary/aromatic N) is 1. The molecule has 0 radical (unpaired) electrons. The van der Waals surface area contributed by atoms with Gasteiger partial charge in [-0.25, -0.2) is 8.42 Å². The molecule has 0 aromatic rings. The normalized spacial score (nSPS) is 20.1. The van der Waals surface area contributed by atoms with Gasteiger partial charge in [0.05, 0.1) is 4.91 Å². The van der Waals surface area contributed by atoms with E-state index in [1.165, 1.54) is 32.4 Å². The van der Waals surface area contributed by atoms with Crippen molar-refractivity contribution in [2.24, 2.45) is 5.92 Å². The standard InChI is InChI=1S/C16H28N2O5S/c1-6-18(7-2)11-10-17-15(19)14-12-13(24(5,20)21)8-9-16(14,22-3)23-4/h8-9,12,14H,6-7,10-11H2,1-5H3,(H,17,19). The third-order valence-corrected chi connectivity index (χ3v) is 5.34. The third-order valence-electron chi connectivity index (χ3n) is 4.21. The van der Waals surface area contributed by atoms with Crippen LogP contribution in [-0.4, -0.2) is 71.7 Å². The van der Waals surface area contributed by atoms with Crippen LogP contribution in [0.25, 0.3) is 0 Å². The number of methoxy groups -OCH3 is 2. The van der Waals surface area contributed by atoms with Crippen molar-refractivity contribution in [3.05, 3.63) is 23.1 Å². The highest BCUT2D eigenvalue weighted by Gasteiger charge is 2.43. The number of rotatable bonds is 9. The van der Waals surface area contributed by atoms with E-state index in [2.05, 4.69) is 24.1 Å². The van der Waals surface area contributed by atoms with Gasteiger partial charge in [0.2, 0.25) is 11.7 Å². The summed E-state index contributed by atoms with van der Waals surface area (Å²) in [6, 6.07) is 0. The summed E-state index contributed by atoms with van der Waals surface area (Å²) in [5, 5.41) is 2.83. The smallest absolute Gasteiger partial charge is 0.232 e. The number of likely N-dealkylation sites (N-methyl/N-ethyl adjacent to an activating group) is 1. The van der Waals surface area contributed by atoms with Crippen LogP contribution in [0.3, 0.4) is 0 Å². The van der Waals surface area contributed by atoms with Crippen LogP contribution in [0, 0.1) is 5.92 Å². The molecule has 0 bridgehead atoms. The topological polar surface area (TPSA) is 84.9 Å². The van der Waals surface area contributed by atoms with Gasteiger partial charge in [0.15, 0.2) is 9.84 Å². The summed E-state index contributed by atoms with van der Waals surface area (Å²) >= 11 is 0. The second-order valence-corrected chi connectivity index (χ2v) is 7.62. The Kier molecular flexibility index (Phi) is 7.59. The molecule has 1 atom stereocenters. The zero-order valence-electron chi connectivity index (χ0n) is 15.0. The van der Waals surface area contributed by atoms with Crippen molar-refractivity contribution >= 4 is 15.7 Å². The van der Waals surface area contributed by atoms with Gasteiger partial charge >= 0.3 is 0 Å². The highest BCUT2D eigenvalue weighted by atomic mass is 32.2. The van der Waals surface area contributed by atoms with E-state index in [0.29, 0.717) is 6.54 Å². The number of hydrogen-bond acceptors (Lipinski definition) is 6. The molecule has 0 aromatic carbocycles. The summed E-state index contributed by atoms with van der Waals surface area (Å²) in [6.45, 7) is 7.09. The maximum Gasteiger partial charge on any atom is 0.232 e. The Labute approximate surface area is 144 Å². The SMILES string of the molecule is CCN(CC)CCNC(=O)C1C=C(S(C)(=O)=O)C=CC1(OC)OC. The Morgan fingerprint density at radius 1 is 1.29 bits per heavy atom. The van der Waals surface area contributed by atoms with Crippen molar-refractivity contribution in [1.29, 1.82) is 0 Å². The number of carbonyl (C=O) groups excluding carboxylic acids is 1. The lowest BCUT2D eigenvalue weighted by molar-refractivity contribution is -0.197. The van der Waals surface area contributed by atoms with Crippen molar-refractivity contribution in [2.75, 3.05) is 46.7 Å². The van der Waals surface area contributed by atoms with Gasteiger partial charge in [0, 0.05) is 33.6 Å². The van der Waals surface area contributed by atoms with Crippen LogP contribution in [0.5, 0.6) is 0 Å². The highest BCUT2D eigenvalue weighted by molar-refractivity contribution is 7.94. The Balaban J connectivity index is 2.94. The Hall–Kier alpha value is -1.22. The minimum absolute atomic E-state index is 0.0797. The fourth-order valence-corrected chi connectivity index (χ4v) is 3.30. The number of allylic oxidation sites excluding steroid dienone is 1. The molecule has 0 saturated carbocycles. The summed E-state index contributed by atoms with van der Waals surface area (Å²) in [5.74, 6) is -2.54. The molecule has 24 heavy (non-hydrogen) atoms. The number of nitrogens with one attached hydrogen (secondary N) is 1. The second kappa shape index (κ2) is 8.75. The molecule has 1 N–H and O–H groups in total. The maximum absolute atomic E-state index is 12.6. The predicted octanol–water partition coefficient (Wildman–Crippen LogP) is 0.548. The van der Waals surface area contributed by atoms with Crippen molar-refractivity contribution in [1.82, 2.24) is 10.2 Å². The van der Waals surface area contributed by atoms with Gasteiger partial charge in [-0.15, -0.1) is 0 Å². The first-order chi connectivity index (χ1) is 11.2. The van der Waals surface area contributed by atoms with Crippen molar-refractivity contribution in [2.45, 2.75) is 19.6 Å². The fraction of sp³-hybridized carbons (Fsp3) is 0.688. The molecule has 8 heteroatoms. The fourth-order valence-electron chi connectivity index (χ4n) is 2.60. The monoisotopic (exact) mass is 360 g/mol. The number of carbonyl (C=O) groups is 1. The number of amides is 1. The highest BCUT2D eigenvalue weighted by Crippen LogP contribution is 2.32. The van der Waals surface area contributed by atoms with E-state index in [1.54, 1.807) is 0 Å². The van der Waals surface area contributed by atoms with E-state index in [4.69, 9.17) is 9.47 Å². The molecule has 1 unspecified atom stereocenters. The summed E-state index contributed by atoms with van der Waals surface area (Å²) in [7, 11) is -0.586. The summed E-state index contributed by atoms with van der Waals surface area (Å²) in [5.41, 5.74) is 0. The average molecular weight is 360 g/mol. The average Bonchev–Trinajstić information content (AvgIpc) is 2.57. The van der Waals surface area contributed by atoms with Gasteiger partial charge < -0.3 is 19.7 Å². The second-order valence-electron chi connectivity index (χ2n) is 5.60. The molecule has 0 aromatic heterocycles. The molecule has 0 aliphatic heterocycles. The van der Waals surface area contributed by atoms with E-state index in [-0.39, 0.29) is 10.8 Å². The Bertz CT molecular complexity index is 590. The van der Waals surface area contributed by atoms with Gasteiger partial charge in [-0.05, 0) is 31.3 Å². The lowest BCUT2D eigenvalue weighted by Gasteiger charge is -2.35. The van der Waals surface area contributed by atoms with Crippen LogP contribution in [0.1, 0.15) is 13.8 Å². The summed E-state index contributed by atoms with van der Waals surface area (Å²) in [6.07, 6.45) is 5.36. The molecule has 1 amide bonds. The van der Waals surface area contributed by atoms with Crippen molar-refractivity contribution in [3.8, 4) is 0 Å². The van der Waals surface area contributed by atoms with E-state index in [0.717, 1.165) is 25.9 Å². The molecule has 0 heterocycles. The van der Waals surface area contributed by atoms with E-state index < -0.39 is 21.5 Å². The molecule has 1 rings (SSSR count). The van der Waals surface area contributed by atoms with Crippen LogP contribution in [0.15, 0.2) is 23.1 Å². The first-order valence-electron chi connectivity index (χ1n) is 7.95. The van der Waals surface area contributed by atoms with Crippen LogP contribution >= 0.6 is 0 Å². The largest absolute Gasteiger partial charge is 0.354 e. The maximum atomic E-state index is 12.6. The Morgan fingerprint density at radius 3 is 2.33 bits per heavy atom. The molecule has 0 spiro atoms. The molecule has 7 nitrogen and oxygen atoms in total. The molecular weight excluding hydrogens is 332 g/mol. The lowest BCUT2D eigenvalue weighted by atomic mass is 9.92. The zero-order chi connectivity index (χ0) is 18.4.